The van der Waals surface area contributed by atoms with Crippen LogP contribution in [0.3, 0.4) is 0 Å². The molecule has 2 aromatic heterocycles. The van der Waals surface area contributed by atoms with Gasteiger partial charge in [-0.15, -0.1) is 11.3 Å². The van der Waals surface area contributed by atoms with Gasteiger partial charge < -0.3 is 10.3 Å². The van der Waals surface area contributed by atoms with Gasteiger partial charge in [-0.05, 0) is 26.0 Å². The Hall–Kier alpha value is -1.88. The first-order valence-corrected chi connectivity index (χ1v) is 6.69. The van der Waals surface area contributed by atoms with Crippen molar-refractivity contribution in [1.29, 1.82) is 0 Å². The number of aromatic nitrogens is 3. The molecule has 3 rings (SSSR count). The van der Waals surface area contributed by atoms with E-state index < -0.39 is 0 Å². The number of nitrogen functional groups attached to an aromatic ring is 1. The van der Waals surface area contributed by atoms with Gasteiger partial charge in [0.05, 0.1) is 17.1 Å². The minimum Gasteiger partial charge on any atom is -0.369 e. The van der Waals surface area contributed by atoms with E-state index in [2.05, 4.69) is 22.3 Å². The van der Waals surface area contributed by atoms with E-state index in [9.17, 15) is 0 Å². The number of rotatable bonds is 2. The van der Waals surface area contributed by atoms with Crippen molar-refractivity contribution in [3.05, 3.63) is 40.3 Å². The summed E-state index contributed by atoms with van der Waals surface area (Å²) in [5.41, 5.74) is 9.05. The van der Waals surface area contributed by atoms with Crippen LogP contribution >= 0.6 is 11.3 Å². The molecule has 0 bridgehead atoms. The van der Waals surface area contributed by atoms with Gasteiger partial charge in [-0.1, -0.05) is 12.1 Å². The lowest BCUT2D eigenvalue weighted by Gasteiger charge is -2.13. The molecule has 5 heteroatoms. The van der Waals surface area contributed by atoms with Gasteiger partial charge in [-0.3, -0.25) is 0 Å². The minimum absolute atomic E-state index is 0.108. The average Bonchev–Trinajstić information content (AvgIpc) is 2.91. The molecule has 0 saturated heterocycles. The summed E-state index contributed by atoms with van der Waals surface area (Å²) in [6.07, 6.45) is 0. The maximum absolute atomic E-state index is 6.03. The van der Waals surface area contributed by atoms with Gasteiger partial charge in [0, 0.05) is 11.1 Å². The van der Waals surface area contributed by atoms with Crippen molar-refractivity contribution >= 4 is 28.3 Å². The Bertz CT molecular complexity index is 698. The van der Waals surface area contributed by atoms with Crippen LogP contribution in [0.1, 0.15) is 23.7 Å². The van der Waals surface area contributed by atoms with Gasteiger partial charge in [0.2, 0.25) is 5.95 Å². The number of hydrogen-bond donors (Lipinski definition) is 1. The number of thiazole rings is 1. The molecule has 1 atom stereocenters. The first-order valence-electron chi connectivity index (χ1n) is 5.81. The van der Waals surface area contributed by atoms with Crippen LogP contribution in [0, 0.1) is 6.92 Å². The lowest BCUT2D eigenvalue weighted by molar-refractivity contribution is 0.661. The Morgan fingerprint density at radius 1 is 1.28 bits per heavy atom. The number of imidazole rings is 1. The van der Waals surface area contributed by atoms with E-state index in [1.54, 1.807) is 11.3 Å². The van der Waals surface area contributed by atoms with E-state index >= 15 is 0 Å². The summed E-state index contributed by atoms with van der Waals surface area (Å²) < 4.78 is 2.04. The van der Waals surface area contributed by atoms with Crippen molar-refractivity contribution in [2.75, 3.05) is 5.73 Å². The number of para-hydroxylation sites is 2. The summed E-state index contributed by atoms with van der Waals surface area (Å²) in [7, 11) is 0. The summed E-state index contributed by atoms with van der Waals surface area (Å²) in [4.78, 5) is 8.91. The van der Waals surface area contributed by atoms with Crippen LogP contribution in [-0.4, -0.2) is 14.5 Å². The lowest BCUT2D eigenvalue weighted by Crippen LogP contribution is -2.09. The Morgan fingerprint density at radius 3 is 2.78 bits per heavy atom. The fourth-order valence-electron chi connectivity index (χ4n) is 2.14. The molecule has 1 unspecified atom stereocenters. The second kappa shape index (κ2) is 4.10. The highest BCUT2D eigenvalue weighted by molar-refractivity contribution is 7.09. The van der Waals surface area contributed by atoms with Gasteiger partial charge in [0.25, 0.3) is 0 Å². The SMILES string of the molecule is Cc1csc(C(C)n2c(N)nc3ccccc32)n1. The maximum atomic E-state index is 6.03. The first-order chi connectivity index (χ1) is 8.66. The molecule has 0 saturated carbocycles. The normalized spacial score (nSPS) is 13.0. The van der Waals surface area contributed by atoms with E-state index in [1.807, 2.05) is 35.8 Å². The predicted molar refractivity (Wildman–Crippen MR) is 74.8 cm³/mol. The van der Waals surface area contributed by atoms with Crippen LogP contribution in [0.15, 0.2) is 29.6 Å². The zero-order valence-corrected chi connectivity index (χ0v) is 11.1. The number of nitrogens with two attached hydrogens (primary N) is 1. The summed E-state index contributed by atoms with van der Waals surface area (Å²) >= 11 is 1.66. The number of aryl methyl sites for hydroxylation is 1. The Kier molecular flexibility index (Phi) is 2.56. The van der Waals surface area contributed by atoms with Crippen LogP contribution in [-0.2, 0) is 0 Å². The van der Waals surface area contributed by atoms with E-state index in [-0.39, 0.29) is 6.04 Å². The third-order valence-corrected chi connectivity index (χ3v) is 4.14. The minimum atomic E-state index is 0.108. The molecule has 0 fully saturated rings. The molecule has 92 valence electrons. The molecule has 0 aliphatic carbocycles. The number of anilines is 1. The zero-order valence-electron chi connectivity index (χ0n) is 10.3. The monoisotopic (exact) mass is 258 g/mol. The van der Waals surface area contributed by atoms with Crippen molar-refractivity contribution in [2.24, 2.45) is 0 Å². The molecule has 0 radical (unpaired) electrons. The van der Waals surface area contributed by atoms with Crippen molar-refractivity contribution in [2.45, 2.75) is 19.9 Å². The molecule has 0 spiro atoms. The average molecular weight is 258 g/mol. The highest BCUT2D eigenvalue weighted by Gasteiger charge is 2.17. The van der Waals surface area contributed by atoms with Crippen LogP contribution < -0.4 is 5.73 Å². The van der Waals surface area contributed by atoms with Crippen molar-refractivity contribution < 1.29 is 0 Å². The Labute approximate surface area is 109 Å². The first kappa shape index (κ1) is 11.2. The van der Waals surface area contributed by atoms with E-state index in [4.69, 9.17) is 5.73 Å². The van der Waals surface area contributed by atoms with Crippen LogP contribution in [0.25, 0.3) is 11.0 Å². The number of fused-ring (bicyclic) bond motifs is 1. The summed E-state index contributed by atoms with van der Waals surface area (Å²) in [6, 6.07) is 8.09. The fraction of sp³-hybridized carbons (Fsp3) is 0.231. The van der Waals surface area contributed by atoms with Gasteiger partial charge in [0.1, 0.15) is 5.01 Å². The third-order valence-electron chi connectivity index (χ3n) is 3.00. The molecule has 2 N–H and O–H groups in total. The van der Waals surface area contributed by atoms with E-state index in [1.165, 1.54) is 0 Å². The molecule has 0 aliphatic rings. The quantitative estimate of drug-likeness (QED) is 0.768. The molecule has 1 aromatic carbocycles. The van der Waals surface area contributed by atoms with E-state index in [0.29, 0.717) is 5.95 Å². The number of nitrogens with zero attached hydrogens (tertiary/aromatic N) is 3. The Balaban J connectivity index is 2.16. The summed E-state index contributed by atoms with van der Waals surface area (Å²) in [6.45, 7) is 4.10. The smallest absolute Gasteiger partial charge is 0.201 e. The second-order valence-corrected chi connectivity index (χ2v) is 5.22. The number of benzene rings is 1. The van der Waals surface area contributed by atoms with Gasteiger partial charge in [-0.2, -0.15) is 0 Å². The van der Waals surface area contributed by atoms with Crippen LogP contribution in [0.5, 0.6) is 0 Å². The largest absolute Gasteiger partial charge is 0.369 e. The van der Waals surface area contributed by atoms with E-state index in [0.717, 1.165) is 21.7 Å². The topological polar surface area (TPSA) is 56.7 Å². The number of hydrogen-bond acceptors (Lipinski definition) is 4. The highest BCUT2D eigenvalue weighted by atomic mass is 32.1. The molecular formula is C13H14N4S. The lowest BCUT2D eigenvalue weighted by atomic mass is 10.3. The summed E-state index contributed by atoms with van der Waals surface area (Å²) in [5.74, 6) is 0.538. The third kappa shape index (κ3) is 1.67. The van der Waals surface area contributed by atoms with Crippen molar-refractivity contribution in [3.8, 4) is 0 Å². The Morgan fingerprint density at radius 2 is 2.06 bits per heavy atom. The standard InChI is InChI=1S/C13H14N4S/c1-8-7-18-12(15-8)9(2)17-11-6-4-3-5-10(11)16-13(17)14/h3-7,9H,1-2H3,(H2,14,16). The maximum Gasteiger partial charge on any atom is 0.201 e. The van der Waals surface area contributed by atoms with Gasteiger partial charge in [-0.25, -0.2) is 9.97 Å². The molecule has 4 nitrogen and oxygen atoms in total. The zero-order chi connectivity index (χ0) is 12.7. The summed E-state index contributed by atoms with van der Waals surface area (Å²) in [5, 5.41) is 3.11. The highest BCUT2D eigenvalue weighted by Crippen LogP contribution is 2.28. The molecule has 2 heterocycles. The molecule has 0 amide bonds. The van der Waals surface area contributed by atoms with Gasteiger partial charge in [0.15, 0.2) is 0 Å². The molecule has 18 heavy (non-hydrogen) atoms. The van der Waals surface area contributed by atoms with Crippen molar-refractivity contribution in [3.63, 3.8) is 0 Å². The fourth-order valence-corrected chi connectivity index (χ4v) is 2.99. The van der Waals surface area contributed by atoms with Crippen LogP contribution in [0.2, 0.25) is 0 Å². The van der Waals surface area contributed by atoms with Gasteiger partial charge >= 0.3 is 0 Å². The van der Waals surface area contributed by atoms with Crippen molar-refractivity contribution in [1.82, 2.24) is 14.5 Å². The predicted octanol–water partition coefficient (Wildman–Crippen LogP) is 2.99. The molecule has 3 aromatic rings. The molecular weight excluding hydrogens is 244 g/mol. The molecule has 0 aliphatic heterocycles. The second-order valence-electron chi connectivity index (χ2n) is 4.33. The van der Waals surface area contributed by atoms with Crippen LogP contribution in [0.4, 0.5) is 5.95 Å².